The van der Waals surface area contributed by atoms with Gasteiger partial charge in [-0.2, -0.15) is 0 Å². The van der Waals surface area contributed by atoms with Gasteiger partial charge in [-0.3, -0.25) is 4.79 Å². The first kappa shape index (κ1) is 23.2. The summed E-state index contributed by atoms with van der Waals surface area (Å²) >= 11 is 0. The Labute approximate surface area is 201 Å². The minimum atomic E-state index is 0.122. The van der Waals surface area contributed by atoms with Crippen molar-refractivity contribution in [2.75, 3.05) is 30.7 Å². The number of likely N-dealkylation sites (tertiary alicyclic amines) is 1. The van der Waals surface area contributed by atoms with Crippen LogP contribution in [0.15, 0.2) is 72.5 Å². The highest BCUT2D eigenvalue weighted by Gasteiger charge is 2.25. The van der Waals surface area contributed by atoms with Gasteiger partial charge in [0.1, 0.15) is 0 Å². The highest BCUT2D eigenvalue weighted by molar-refractivity contribution is 5.94. The van der Waals surface area contributed by atoms with Crippen LogP contribution in [0.2, 0.25) is 0 Å². The maximum absolute atomic E-state index is 12.9. The van der Waals surface area contributed by atoms with E-state index < -0.39 is 0 Å². The second-order valence-electron chi connectivity index (χ2n) is 8.83. The molecular weight excluding hydrogens is 422 g/mol. The van der Waals surface area contributed by atoms with Gasteiger partial charge in [-0.1, -0.05) is 36.9 Å². The van der Waals surface area contributed by atoms with E-state index in [2.05, 4.69) is 35.4 Å². The number of piperidine rings is 1. The van der Waals surface area contributed by atoms with Crippen molar-refractivity contribution >= 4 is 29.6 Å². The summed E-state index contributed by atoms with van der Waals surface area (Å²) in [5, 5.41) is 8.87. The SMILES string of the molecule is C=C/C=c1/cc(-c2cccc(N)c2)cc(NC2CCN(C(=O)C3=CC=C(C)NC3)CC2)/c1=C/N. The van der Waals surface area contributed by atoms with Crippen LogP contribution in [0.1, 0.15) is 19.8 Å². The minimum absolute atomic E-state index is 0.122. The van der Waals surface area contributed by atoms with Crippen LogP contribution in [0.3, 0.4) is 0 Å². The van der Waals surface area contributed by atoms with E-state index in [1.165, 1.54) is 0 Å². The van der Waals surface area contributed by atoms with E-state index in [-0.39, 0.29) is 11.9 Å². The fourth-order valence-electron chi connectivity index (χ4n) is 4.51. The summed E-state index contributed by atoms with van der Waals surface area (Å²) in [7, 11) is 0. The third kappa shape index (κ3) is 5.17. The minimum Gasteiger partial charge on any atom is -0.404 e. The first-order valence-electron chi connectivity index (χ1n) is 11.7. The predicted molar refractivity (Wildman–Crippen MR) is 142 cm³/mol. The lowest BCUT2D eigenvalue weighted by Gasteiger charge is -2.34. The van der Waals surface area contributed by atoms with Crippen LogP contribution >= 0.6 is 0 Å². The van der Waals surface area contributed by atoms with Crippen molar-refractivity contribution in [1.82, 2.24) is 10.2 Å². The van der Waals surface area contributed by atoms with Crippen LogP contribution in [-0.4, -0.2) is 36.5 Å². The number of hydrogen-bond acceptors (Lipinski definition) is 5. The molecule has 34 heavy (non-hydrogen) atoms. The number of dihydropyridines is 1. The molecule has 2 heterocycles. The molecule has 0 aromatic heterocycles. The molecule has 1 amide bonds. The Morgan fingerprint density at radius 1 is 1.18 bits per heavy atom. The molecule has 0 spiro atoms. The summed E-state index contributed by atoms with van der Waals surface area (Å²) in [6.45, 7) is 7.90. The molecule has 0 unspecified atom stereocenters. The number of allylic oxidation sites excluding steroid dienone is 4. The number of nitrogens with zero attached hydrogens (tertiary/aromatic N) is 1. The van der Waals surface area contributed by atoms with E-state index >= 15 is 0 Å². The first-order valence-corrected chi connectivity index (χ1v) is 11.7. The van der Waals surface area contributed by atoms with E-state index in [4.69, 9.17) is 11.5 Å². The lowest BCUT2D eigenvalue weighted by molar-refractivity contribution is -0.128. The molecule has 0 atom stereocenters. The smallest absolute Gasteiger partial charge is 0.251 e. The Morgan fingerprint density at radius 3 is 2.62 bits per heavy atom. The van der Waals surface area contributed by atoms with Crippen LogP contribution in [-0.2, 0) is 4.79 Å². The topological polar surface area (TPSA) is 96.4 Å². The summed E-state index contributed by atoms with van der Waals surface area (Å²) in [4.78, 5) is 14.8. The van der Waals surface area contributed by atoms with Crippen LogP contribution in [0, 0.1) is 0 Å². The van der Waals surface area contributed by atoms with Gasteiger partial charge in [0, 0.05) is 59.7 Å². The van der Waals surface area contributed by atoms with Gasteiger partial charge >= 0.3 is 0 Å². The molecule has 2 aromatic rings. The lowest BCUT2D eigenvalue weighted by atomic mass is 9.99. The van der Waals surface area contributed by atoms with E-state index in [1.54, 1.807) is 12.3 Å². The number of nitrogens with one attached hydrogen (secondary N) is 2. The van der Waals surface area contributed by atoms with Gasteiger partial charge in [0.25, 0.3) is 5.91 Å². The van der Waals surface area contributed by atoms with Crippen molar-refractivity contribution in [2.24, 2.45) is 5.73 Å². The van der Waals surface area contributed by atoms with Gasteiger partial charge in [0.15, 0.2) is 0 Å². The number of carbonyl (C=O) groups excluding carboxylic acids is 1. The summed E-state index contributed by atoms with van der Waals surface area (Å²) in [6.07, 6.45) is 11.0. The third-order valence-electron chi connectivity index (χ3n) is 6.40. The maximum Gasteiger partial charge on any atom is 0.251 e. The average Bonchev–Trinajstić information content (AvgIpc) is 2.85. The summed E-state index contributed by atoms with van der Waals surface area (Å²) in [6, 6.07) is 12.3. The van der Waals surface area contributed by atoms with Crippen molar-refractivity contribution in [3.05, 3.63) is 82.9 Å². The zero-order valence-electron chi connectivity index (χ0n) is 19.7. The molecule has 0 saturated carbocycles. The molecule has 176 valence electrons. The first-order chi connectivity index (χ1) is 16.5. The molecule has 6 N–H and O–H groups in total. The molecule has 0 radical (unpaired) electrons. The molecule has 2 aliphatic rings. The molecule has 1 fully saturated rings. The number of nitrogen functional groups attached to an aromatic ring is 1. The second kappa shape index (κ2) is 10.3. The molecule has 6 nitrogen and oxygen atoms in total. The molecule has 0 aliphatic carbocycles. The second-order valence-corrected chi connectivity index (χ2v) is 8.83. The Hall–Kier alpha value is -3.93. The number of nitrogens with two attached hydrogens (primary N) is 2. The molecule has 6 heteroatoms. The van der Waals surface area contributed by atoms with Gasteiger partial charge in [0.05, 0.1) is 0 Å². The van der Waals surface area contributed by atoms with Crippen molar-refractivity contribution in [3.8, 4) is 11.1 Å². The molecule has 2 aliphatic heterocycles. The zero-order valence-corrected chi connectivity index (χ0v) is 19.7. The number of anilines is 2. The zero-order chi connectivity index (χ0) is 24.1. The standard InChI is InChI=1S/C28H33N5O/c1-3-5-21-14-23(20-6-4-7-24(30)15-20)16-27(26(21)17-29)32-25-10-12-33(13-11-25)28(34)22-9-8-19(2)31-18-22/h3-9,14-17,25,31-32H,1,10-13,18,29-30H2,2H3/b21-5-,26-17+. The van der Waals surface area contributed by atoms with Gasteiger partial charge in [-0.05, 0) is 66.5 Å². The number of rotatable bonds is 5. The number of amides is 1. The summed E-state index contributed by atoms with van der Waals surface area (Å²) in [5.74, 6) is 0.122. The van der Waals surface area contributed by atoms with Gasteiger partial charge in [0.2, 0.25) is 0 Å². The van der Waals surface area contributed by atoms with E-state index in [9.17, 15) is 4.79 Å². The van der Waals surface area contributed by atoms with Crippen molar-refractivity contribution in [3.63, 3.8) is 0 Å². The molecule has 0 bridgehead atoms. The van der Waals surface area contributed by atoms with E-state index in [0.717, 1.165) is 70.1 Å². The lowest BCUT2D eigenvalue weighted by Crippen LogP contribution is -2.45. The predicted octanol–water partition coefficient (Wildman–Crippen LogP) is 2.44. The molecule has 2 aromatic carbocycles. The summed E-state index contributed by atoms with van der Waals surface area (Å²) in [5.41, 5.74) is 17.8. The number of hydrogen-bond donors (Lipinski definition) is 4. The molecule has 4 rings (SSSR count). The van der Waals surface area contributed by atoms with Crippen LogP contribution in [0.25, 0.3) is 23.4 Å². The third-order valence-corrected chi connectivity index (χ3v) is 6.40. The normalized spacial score (nSPS) is 17.6. The molecular formula is C28H33N5O. The van der Waals surface area contributed by atoms with Crippen molar-refractivity contribution in [1.29, 1.82) is 0 Å². The highest BCUT2D eigenvalue weighted by atomic mass is 16.2. The Kier molecular flexibility index (Phi) is 7.07. The fraction of sp³-hybridized carbons (Fsp3) is 0.250. The van der Waals surface area contributed by atoms with E-state index in [1.807, 2.05) is 48.3 Å². The van der Waals surface area contributed by atoms with Gasteiger partial charge < -0.3 is 27.0 Å². The average molecular weight is 456 g/mol. The number of carbonyl (C=O) groups is 1. The van der Waals surface area contributed by atoms with Gasteiger partial charge in [-0.15, -0.1) is 0 Å². The summed E-state index contributed by atoms with van der Waals surface area (Å²) < 4.78 is 0. The van der Waals surface area contributed by atoms with Crippen molar-refractivity contribution < 1.29 is 4.79 Å². The molecule has 1 saturated heterocycles. The monoisotopic (exact) mass is 455 g/mol. The maximum atomic E-state index is 12.9. The Morgan fingerprint density at radius 2 is 1.97 bits per heavy atom. The van der Waals surface area contributed by atoms with E-state index in [0.29, 0.717) is 6.54 Å². The van der Waals surface area contributed by atoms with Crippen LogP contribution < -0.4 is 32.5 Å². The Balaban J connectivity index is 1.54. The fourth-order valence-corrected chi connectivity index (χ4v) is 4.51. The van der Waals surface area contributed by atoms with Crippen molar-refractivity contribution in [2.45, 2.75) is 25.8 Å². The number of benzene rings is 2. The quantitative estimate of drug-likeness (QED) is 0.520. The Bertz CT molecular complexity index is 1270. The highest BCUT2D eigenvalue weighted by Crippen LogP contribution is 2.23. The van der Waals surface area contributed by atoms with Gasteiger partial charge in [-0.25, -0.2) is 0 Å². The largest absolute Gasteiger partial charge is 0.404 e. The van der Waals surface area contributed by atoms with Crippen LogP contribution in [0.4, 0.5) is 11.4 Å². The van der Waals surface area contributed by atoms with Crippen LogP contribution in [0.5, 0.6) is 0 Å².